The molecule has 0 amide bonds. The molecule has 1 aromatic carbocycles. The van der Waals surface area contributed by atoms with Crippen LogP contribution in [0.15, 0.2) is 73.4 Å². The molecular weight excluding hydrogens is 423 g/mol. The van der Waals surface area contributed by atoms with Crippen molar-refractivity contribution in [3.8, 4) is 0 Å². The number of hydrogen-bond donors (Lipinski definition) is 0. The van der Waals surface area contributed by atoms with Crippen LogP contribution in [-0.4, -0.2) is 6.61 Å². The Kier molecular flexibility index (Phi) is 7.11. The van der Waals surface area contributed by atoms with Gasteiger partial charge < -0.3 is 5.11 Å². The molecule has 0 saturated heterocycles. The topological polar surface area (TPSA) is 23.1 Å². The maximum Gasteiger partial charge on any atom is -0.0809 e. The SMILES string of the molecule is C1=CC[C]([Hf+]([CH2]c2ccccc2)[C]2=CC=CC2)=C1.CC[O-]. The van der Waals surface area contributed by atoms with Gasteiger partial charge in [0.05, 0.1) is 0 Å². The van der Waals surface area contributed by atoms with Gasteiger partial charge in [-0.1, -0.05) is 6.92 Å². The first kappa shape index (κ1) is 16.4. The van der Waals surface area contributed by atoms with Gasteiger partial charge in [-0.25, -0.2) is 0 Å². The molecule has 0 bridgehead atoms. The van der Waals surface area contributed by atoms with Crippen LogP contribution >= 0.6 is 0 Å². The predicted molar refractivity (Wildman–Crippen MR) is 84.4 cm³/mol. The molecule has 3 rings (SSSR count). The fraction of sp³-hybridized carbons (Fsp3) is 0.263. The molecule has 2 aliphatic carbocycles. The van der Waals surface area contributed by atoms with E-state index in [1.807, 2.05) is 0 Å². The molecule has 108 valence electrons. The molecule has 0 fully saturated rings. The molecule has 2 aliphatic rings. The van der Waals surface area contributed by atoms with Gasteiger partial charge in [0.1, 0.15) is 0 Å². The van der Waals surface area contributed by atoms with Crippen molar-refractivity contribution in [2.75, 3.05) is 6.61 Å². The van der Waals surface area contributed by atoms with Crippen LogP contribution in [-0.2, 0) is 25.6 Å². The van der Waals surface area contributed by atoms with Crippen LogP contribution < -0.4 is 5.11 Å². The average molecular weight is 445 g/mol. The maximum atomic E-state index is 8.93. The average Bonchev–Trinajstić information content (AvgIpc) is 3.20. The molecule has 21 heavy (non-hydrogen) atoms. The molecule has 1 nitrogen and oxygen atoms in total. The fourth-order valence-corrected chi connectivity index (χ4v) is 12.8. The van der Waals surface area contributed by atoms with Crippen LogP contribution in [0.3, 0.4) is 0 Å². The summed E-state index contributed by atoms with van der Waals surface area (Å²) in [6.45, 7) is 1.57. The van der Waals surface area contributed by atoms with Crippen LogP contribution in [0, 0.1) is 0 Å². The third kappa shape index (κ3) is 5.05. The van der Waals surface area contributed by atoms with Crippen LogP contribution in [0.2, 0.25) is 0 Å². The van der Waals surface area contributed by atoms with Gasteiger partial charge in [0, 0.05) is 0 Å². The summed E-state index contributed by atoms with van der Waals surface area (Å²) in [4.78, 5) is 0. The van der Waals surface area contributed by atoms with E-state index in [9.17, 15) is 0 Å². The third-order valence-electron chi connectivity index (χ3n) is 3.54. The summed E-state index contributed by atoms with van der Waals surface area (Å²) in [5.74, 6) is 0. The Balaban J connectivity index is 0.000000497. The van der Waals surface area contributed by atoms with E-state index in [-0.39, 0.29) is 6.61 Å². The minimum atomic E-state index is -1.79. The Labute approximate surface area is 135 Å². The van der Waals surface area contributed by atoms with Crippen LogP contribution in [0.1, 0.15) is 25.3 Å². The van der Waals surface area contributed by atoms with Crippen molar-refractivity contribution in [3.63, 3.8) is 0 Å². The minimum Gasteiger partial charge on any atom is -0.855 e. The second kappa shape index (κ2) is 9.11. The van der Waals surface area contributed by atoms with Crippen molar-refractivity contribution in [2.24, 2.45) is 0 Å². The first-order chi connectivity index (χ1) is 10.3. The Morgan fingerprint density at radius 2 is 1.48 bits per heavy atom. The number of hydrogen-bond acceptors (Lipinski definition) is 1. The van der Waals surface area contributed by atoms with E-state index < -0.39 is 21.4 Å². The summed E-state index contributed by atoms with van der Waals surface area (Å²) in [5.41, 5.74) is 1.53. The van der Waals surface area contributed by atoms with Crippen molar-refractivity contribution >= 4 is 0 Å². The molecule has 0 saturated carbocycles. The van der Waals surface area contributed by atoms with Gasteiger partial charge in [-0.15, -0.1) is 6.61 Å². The van der Waals surface area contributed by atoms with Crippen molar-refractivity contribution in [3.05, 3.63) is 79.0 Å². The molecule has 0 aliphatic heterocycles. The van der Waals surface area contributed by atoms with E-state index in [2.05, 4.69) is 66.8 Å². The van der Waals surface area contributed by atoms with Gasteiger partial charge >= 0.3 is 117 Å². The molecule has 0 spiro atoms. The van der Waals surface area contributed by atoms with Gasteiger partial charge in [-0.2, -0.15) is 0 Å². The van der Waals surface area contributed by atoms with Crippen LogP contribution in [0.25, 0.3) is 0 Å². The second-order valence-corrected chi connectivity index (χ2v) is 14.4. The zero-order chi connectivity index (χ0) is 14.9. The summed E-state index contributed by atoms with van der Waals surface area (Å²) < 4.78 is 4.89. The Bertz CT molecular complexity index is 522. The van der Waals surface area contributed by atoms with Crippen LogP contribution in [0.4, 0.5) is 0 Å². The minimum absolute atomic E-state index is 0. The van der Waals surface area contributed by atoms with Gasteiger partial charge in [-0.3, -0.25) is 0 Å². The molecule has 1 aromatic rings. The summed E-state index contributed by atoms with van der Waals surface area (Å²) in [7, 11) is 0. The Morgan fingerprint density at radius 3 is 1.90 bits per heavy atom. The normalized spacial score (nSPS) is 15.3. The first-order valence-electron chi connectivity index (χ1n) is 7.55. The van der Waals surface area contributed by atoms with E-state index in [1.165, 1.54) is 22.6 Å². The fourth-order valence-electron chi connectivity index (χ4n) is 2.58. The maximum absolute atomic E-state index is 8.93. The predicted octanol–water partition coefficient (Wildman–Crippen LogP) is 3.86. The van der Waals surface area contributed by atoms with Crippen molar-refractivity contribution in [2.45, 2.75) is 23.9 Å². The van der Waals surface area contributed by atoms with Gasteiger partial charge in [-0.05, 0) is 0 Å². The Morgan fingerprint density at radius 1 is 0.952 bits per heavy atom. The molecule has 0 N–H and O–H groups in total. The standard InChI is InChI=1S/C7H7.2C5H5.C2H5O.Hf/c1-7-5-3-2-4-6-7;2*1-2-4-5-3-1;1-2-3;/h2-6H,1H2;2*1-3H,4H2;2H2,1H3;/q;;;-1;+1. The Hall–Kier alpha value is -0.990. The smallest absolute Gasteiger partial charge is 0.0809 e. The molecule has 0 heterocycles. The summed E-state index contributed by atoms with van der Waals surface area (Å²) in [6, 6.07) is 11.0. The monoisotopic (exact) mass is 446 g/mol. The second-order valence-electron chi connectivity index (χ2n) is 5.08. The van der Waals surface area contributed by atoms with Crippen LogP contribution in [0.5, 0.6) is 0 Å². The summed E-state index contributed by atoms with van der Waals surface area (Å²) >= 11 is -1.79. The van der Waals surface area contributed by atoms with E-state index >= 15 is 0 Å². The molecule has 0 atom stereocenters. The third-order valence-corrected chi connectivity index (χ3v) is 14.5. The quantitative estimate of drug-likeness (QED) is 0.647. The van der Waals surface area contributed by atoms with Gasteiger partial charge in [0.25, 0.3) is 0 Å². The number of benzene rings is 1. The largest absolute Gasteiger partial charge is 0.855 e. The molecule has 0 aromatic heterocycles. The van der Waals surface area contributed by atoms with E-state index in [4.69, 9.17) is 5.11 Å². The van der Waals surface area contributed by atoms with E-state index in [0.29, 0.717) is 0 Å². The molecule has 0 unspecified atom stereocenters. The number of allylic oxidation sites excluding steroid dienone is 8. The summed E-state index contributed by atoms with van der Waals surface area (Å²) in [6.07, 6.45) is 16.3. The van der Waals surface area contributed by atoms with E-state index in [0.717, 1.165) is 0 Å². The zero-order valence-electron chi connectivity index (χ0n) is 12.6. The molecular formula is C19H22HfO. The van der Waals surface area contributed by atoms with Gasteiger partial charge in [0.2, 0.25) is 0 Å². The molecule has 2 heteroatoms. The van der Waals surface area contributed by atoms with Gasteiger partial charge in [0.15, 0.2) is 0 Å². The van der Waals surface area contributed by atoms with E-state index in [1.54, 1.807) is 13.6 Å². The molecule has 0 radical (unpaired) electrons. The van der Waals surface area contributed by atoms with Crippen molar-refractivity contribution in [1.29, 1.82) is 0 Å². The number of rotatable bonds is 4. The van der Waals surface area contributed by atoms with Crippen molar-refractivity contribution in [1.82, 2.24) is 0 Å². The summed E-state index contributed by atoms with van der Waals surface area (Å²) in [5, 5.41) is 8.93. The van der Waals surface area contributed by atoms with Crippen molar-refractivity contribution < 1.29 is 26.5 Å². The first-order valence-corrected chi connectivity index (χ1v) is 13.7. The zero-order valence-corrected chi connectivity index (χ0v) is 16.2.